The van der Waals surface area contributed by atoms with E-state index in [0.717, 1.165) is 18.8 Å². The van der Waals surface area contributed by atoms with Crippen molar-refractivity contribution >= 4 is 16.0 Å². The summed E-state index contributed by atoms with van der Waals surface area (Å²) < 4.78 is 32.0. The van der Waals surface area contributed by atoms with E-state index in [1.165, 1.54) is 38.2 Å². The lowest BCUT2D eigenvalue weighted by molar-refractivity contribution is 0.0696. The molecule has 0 saturated heterocycles. The Morgan fingerprint density at radius 2 is 2.14 bits per heavy atom. The fraction of sp³-hybridized carbons (Fsp3) is 0.500. The average molecular weight is 313 g/mol. The summed E-state index contributed by atoms with van der Waals surface area (Å²) >= 11 is 0. The Labute approximate surface area is 124 Å². The number of carboxylic acid groups (broad SMARTS) is 1. The van der Waals surface area contributed by atoms with Crippen molar-refractivity contribution in [2.45, 2.75) is 30.6 Å². The number of methoxy groups -OCH3 is 1. The monoisotopic (exact) mass is 313 g/mol. The van der Waals surface area contributed by atoms with Gasteiger partial charge in [-0.15, -0.1) is 0 Å². The van der Waals surface area contributed by atoms with E-state index in [-0.39, 0.29) is 16.2 Å². The Morgan fingerprint density at radius 1 is 1.43 bits per heavy atom. The first-order valence-electron chi connectivity index (χ1n) is 6.85. The smallest absolute Gasteiger partial charge is 0.335 e. The molecule has 0 bridgehead atoms. The largest absolute Gasteiger partial charge is 0.495 e. The molecule has 6 nitrogen and oxygen atoms in total. The lowest BCUT2D eigenvalue weighted by Gasteiger charge is -2.11. The van der Waals surface area contributed by atoms with Crippen LogP contribution in [-0.2, 0) is 10.0 Å². The van der Waals surface area contributed by atoms with E-state index in [2.05, 4.69) is 4.72 Å². The summed E-state index contributed by atoms with van der Waals surface area (Å²) in [7, 11) is -2.38. The highest BCUT2D eigenvalue weighted by Crippen LogP contribution is 2.33. The van der Waals surface area contributed by atoms with E-state index < -0.39 is 16.0 Å². The molecule has 1 saturated carbocycles. The second-order valence-corrected chi connectivity index (χ2v) is 6.89. The quantitative estimate of drug-likeness (QED) is 0.715. The Morgan fingerprint density at radius 3 is 2.71 bits per heavy atom. The standard InChI is InChI=1S/C14H19NO5S/c1-20-12-9-11(14(16)17)6-7-13(12)21(18,19)15-8-2-3-10-4-5-10/h6-7,9-10,15H,2-5,8H2,1H3,(H,16,17). The van der Waals surface area contributed by atoms with Gasteiger partial charge in [0.05, 0.1) is 12.7 Å². The van der Waals surface area contributed by atoms with Gasteiger partial charge in [0, 0.05) is 6.54 Å². The van der Waals surface area contributed by atoms with Crippen LogP contribution in [0.15, 0.2) is 23.1 Å². The zero-order valence-electron chi connectivity index (χ0n) is 11.8. The summed E-state index contributed by atoms with van der Waals surface area (Å²) in [6, 6.07) is 3.72. The number of rotatable bonds is 8. The van der Waals surface area contributed by atoms with Gasteiger partial charge in [-0.25, -0.2) is 17.9 Å². The Balaban J connectivity index is 2.08. The van der Waals surface area contributed by atoms with Crippen LogP contribution < -0.4 is 9.46 Å². The molecule has 2 N–H and O–H groups in total. The maximum Gasteiger partial charge on any atom is 0.335 e. The molecule has 1 aliphatic carbocycles. The lowest BCUT2D eigenvalue weighted by atomic mass is 10.2. The average Bonchev–Trinajstić information content (AvgIpc) is 3.27. The number of hydrogen-bond acceptors (Lipinski definition) is 4. The maximum atomic E-state index is 12.2. The lowest BCUT2D eigenvalue weighted by Crippen LogP contribution is -2.25. The van der Waals surface area contributed by atoms with Crippen molar-refractivity contribution in [1.29, 1.82) is 0 Å². The third-order valence-corrected chi connectivity index (χ3v) is 4.98. The first-order chi connectivity index (χ1) is 9.94. The molecule has 0 aromatic heterocycles. The molecule has 1 aliphatic rings. The minimum Gasteiger partial charge on any atom is -0.495 e. The highest BCUT2D eigenvalue weighted by atomic mass is 32.2. The minimum atomic E-state index is -3.69. The van der Waals surface area contributed by atoms with Gasteiger partial charge in [0.1, 0.15) is 10.6 Å². The molecule has 21 heavy (non-hydrogen) atoms. The summed E-state index contributed by atoms with van der Waals surface area (Å²) in [5.41, 5.74) is -0.0143. The molecule has 0 radical (unpaired) electrons. The molecule has 0 atom stereocenters. The van der Waals surface area contributed by atoms with Crippen molar-refractivity contribution in [3.63, 3.8) is 0 Å². The van der Waals surface area contributed by atoms with E-state index >= 15 is 0 Å². The van der Waals surface area contributed by atoms with Gasteiger partial charge in [-0.05, 0) is 37.0 Å². The van der Waals surface area contributed by atoms with Gasteiger partial charge in [-0.2, -0.15) is 0 Å². The van der Waals surface area contributed by atoms with Crippen LogP contribution in [0.25, 0.3) is 0 Å². The van der Waals surface area contributed by atoms with Crippen molar-refractivity contribution in [2.75, 3.05) is 13.7 Å². The fourth-order valence-corrected chi connectivity index (χ4v) is 3.33. The molecular weight excluding hydrogens is 294 g/mol. The first-order valence-corrected chi connectivity index (χ1v) is 8.33. The fourth-order valence-electron chi connectivity index (χ4n) is 2.10. The Hall–Kier alpha value is -1.60. The molecule has 0 amide bonds. The number of aromatic carboxylic acids is 1. The summed E-state index contributed by atoms with van der Waals surface area (Å²) in [5.74, 6) is -0.335. The maximum absolute atomic E-state index is 12.2. The number of carbonyl (C=O) groups is 1. The van der Waals surface area contributed by atoms with Crippen LogP contribution >= 0.6 is 0 Å². The first kappa shape index (κ1) is 15.8. The Bertz CT molecular complexity index is 622. The van der Waals surface area contributed by atoms with Crippen molar-refractivity contribution in [1.82, 2.24) is 4.72 Å². The van der Waals surface area contributed by atoms with Gasteiger partial charge in [0.25, 0.3) is 0 Å². The minimum absolute atomic E-state index is 0.0143. The van der Waals surface area contributed by atoms with Crippen LogP contribution in [0.2, 0.25) is 0 Å². The van der Waals surface area contributed by atoms with Crippen LogP contribution in [-0.4, -0.2) is 33.1 Å². The summed E-state index contributed by atoms with van der Waals surface area (Å²) in [4.78, 5) is 10.8. The van der Waals surface area contributed by atoms with Gasteiger partial charge in [-0.1, -0.05) is 12.8 Å². The third-order valence-electron chi connectivity index (χ3n) is 3.48. The van der Waals surface area contributed by atoms with E-state index in [9.17, 15) is 13.2 Å². The highest BCUT2D eigenvalue weighted by Gasteiger charge is 2.22. The number of nitrogens with one attached hydrogen (secondary N) is 1. The van der Waals surface area contributed by atoms with E-state index in [1.807, 2.05) is 0 Å². The van der Waals surface area contributed by atoms with Crippen molar-refractivity contribution in [3.8, 4) is 5.75 Å². The molecule has 2 rings (SSSR count). The zero-order chi connectivity index (χ0) is 15.5. The molecule has 0 spiro atoms. The van der Waals surface area contributed by atoms with Gasteiger partial charge in [0.2, 0.25) is 10.0 Å². The SMILES string of the molecule is COc1cc(C(=O)O)ccc1S(=O)(=O)NCCCC1CC1. The van der Waals surface area contributed by atoms with Gasteiger partial charge < -0.3 is 9.84 Å². The molecule has 116 valence electrons. The predicted octanol–water partition coefficient (Wildman–Crippen LogP) is 1.86. The van der Waals surface area contributed by atoms with Gasteiger partial charge in [0.15, 0.2) is 0 Å². The van der Waals surface area contributed by atoms with E-state index in [4.69, 9.17) is 9.84 Å². The summed E-state index contributed by atoms with van der Waals surface area (Å²) in [6.07, 6.45) is 4.34. The van der Waals surface area contributed by atoms with Gasteiger partial charge >= 0.3 is 5.97 Å². The highest BCUT2D eigenvalue weighted by molar-refractivity contribution is 7.89. The van der Waals surface area contributed by atoms with E-state index in [1.54, 1.807) is 0 Å². The second-order valence-electron chi connectivity index (χ2n) is 5.15. The number of ether oxygens (including phenoxy) is 1. The van der Waals surface area contributed by atoms with E-state index in [0.29, 0.717) is 6.54 Å². The van der Waals surface area contributed by atoms with Crippen LogP contribution in [0, 0.1) is 5.92 Å². The number of sulfonamides is 1. The molecular formula is C14H19NO5S. The third kappa shape index (κ3) is 4.18. The molecule has 0 unspecified atom stereocenters. The number of carboxylic acids is 1. The normalized spacial score (nSPS) is 14.9. The molecule has 1 aromatic carbocycles. The molecule has 7 heteroatoms. The van der Waals surface area contributed by atoms with Crippen LogP contribution in [0.3, 0.4) is 0 Å². The van der Waals surface area contributed by atoms with Crippen LogP contribution in [0.5, 0.6) is 5.75 Å². The van der Waals surface area contributed by atoms with Crippen molar-refractivity contribution in [2.24, 2.45) is 5.92 Å². The molecule has 0 heterocycles. The molecule has 0 aliphatic heterocycles. The van der Waals surface area contributed by atoms with Gasteiger partial charge in [-0.3, -0.25) is 0 Å². The summed E-state index contributed by atoms with van der Waals surface area (Å²) in [5, 5.41) is 8.91. The molecule has 1 aromatic rings. The van der Waals surface area contributed by atoms with Crippen molar-refractivity contribution in [3.05, 3.63) is 23.8 Å². The number of benzene rings is 1. The summed E-state index contributed by atoms with van der Waals surface area (Å²) in [6.45, 7) is 0.378. The van der Waals surface area contributed by atoms with Crippen molar-refractivity contribution < 1.29 is 23.1 Å². The Kier molecular flexibility index (Phi) is 4.84. The molecule has 1 fully saturated rings. The topological polar surface area (TPSA) is 92.7 Å². The second kappa shape index (κ2) is 6.44. The zero-order valence-corrected chi connectivity index (χ0v) is 12.6. The van der Waals surface area contributed by atoms with Crippen LogP contribution in [0.4, 0.5) is 0 Å². The van der Waals surface area contributed by atoms with Crippen LogP contribution in [0.1, 0.15) is 36.0 Å². The predicted molar refractivity (Wildman–Crippen MR) is 77.1 cm³/mol. The number of hydrogen-bond donors (Lipinski definition) is 2.